The van der Waals surface area contributed by atoms with E-state index in [1.807, 2.05) is 0 Å². The average molecular weight is 198 g/mol. The summed E-state index contributed by atoms with van der Waals surface area (Å²) in [5.74, 6) is 0. The molecule has 0 amide bonds. The first kappa shape index (κ1) is 10.6. The second-order valence-electron chi connectivity index (χ2n) is 3.65. The fourth-order valence-electron chi connectivity index (χ4n) is 2.00. The van der Waals surface area contributed by atoms with Gasteiger partial charge in [0.1, 0.15) is 0 Å². The molecule has 1 aromatic rings. The first-order chi connectivity index (χ1) is 5.77. The van der Waals surface area contributed by atoms with E-state index < -0.39 is 0 Å². The number of aryl methyl sites for hydroxylation is 2. The molecule has 1 heterocycles. The zero-order chi connectivity index (χ0) is 8.55. The van der Waals surface area contributed by atoms with Crippen molar-refractivity contribution in [1.29, 1.82) is 0 Å². The molecule has 0 fully saturated rings. The largest absolute Gasteiger partial charge is 0.312 e. The molecule has 1 nitrogen and oxygen atoms in total. The summed E-state index contributed by atoms with van der Waals surface area (Å²) in [5, 5.41) is 3.40. The summed E-state index contributed by atoms with van der Waals surface area (Å²) in [6.45, 7) is 6.57. The highest BCUT2D eigenvalue weighted by Crippen LogP contribution is 2.19. The summed E-state index contributed by atoms with van der Waals surface area (Å²) >= 11 is 0. The van der Waals surface area contributed by atoms with Crippen molar-refractivity contribution in [2.75, 3.05) is 6.54 Å². The van der Waals surface area contributed by atoms with Crippen LogP contribution in [0.1, 0.15) is 22.3 Å². The predicted octanol–water partition coefficient (Wildman–Crippen LogP) is 2.37. The number of rotatable bonds is 0. The van der Waals surface area contributed by atoms with Gasteiger partial charge in [-0.05, 0) is 43.5 Å². The zero-order valence-corrected chi connectivity index (χ0v) is 9.00. The van der Waals surface area contributed by atoms with Gasteiger partial charge >= 0.3 is 0 Å². The lowest BCUT2D eigenvalue weighted by atomic mass is 9.94. The first-order valence-corrected chi connectivity index (χ1v) is 4.57. The lowest BCUT2D eigenvalue weighted by molar-refractivity contribution is 0.640. The third-order valence-corrected chi connectivity index (χ3v) is 2.58. The van der Waals surface area contributed by atoms with Gasteiger partial charge in [0.05, 0.1) is 0 Å². The highest BCUT2D eigenvalue weighted by molar-refractivity contribution is 5.85. The zero-order valence-electron chi connectivity index (χ0n) is 8.18. The maximum absolute atomic E-state index is 3.40. The van der Waals surface area contributed by atoms with Crippen LogP contribution in [0.15, 0.2) is 12.1 Å². The molecule has 0 aliphatic carbocycles. The van der Waals surface area contributed by atoms with Crippen LogP contribution < -0.4 is 5.32 Å². The van der Waals surface area contributed by atoms with Gasteiger partial charge in [0.2, 0.25) is 0 Å². The highest BCUT2D eigenvalue weighted by Gasteiger charge is 2.10. The summed E-state index contributed by atoms with van der Waals surface area (Å²) in [7, 11) is 0. The maximum Gasteiger partial charge on any atom is 0.0211 e. The number of benzene rings is 1. The van der Waals surface area contributed by atoms with Crippen LogP contribution in [0.2, 0.25) is 0 Å². The molecule has 0 unspecified atom stereocenters. The first-order valence-electron chi connectivity index (χ1n) is 4.57. The predicted molar refractivity (Wildman–Crippen MR) is 58.6 cm³/mol. The van der Waals surface area contributed by atoms with E-state index in [9.17, 15) is 0 Å². The number of hydrogen-bond acceptors (Lipinski definition) is 1. The van der Waals surface area contributed by atoms with E-state index in [4.69, 9.17) is 0 Å². The van der Waals surface area contributed by atoms with Gasteiger partial charge in [0.25, 0.3) is 0 Å². The highest BCUT2D eigenvalue weighted by atomic mass is 35.5. The molecule has 0 radical (unpaired) electrons. The minimum atomic E-state index is 0. The molecule has 2 rings (SSSR count). The maximum atomic E-state index is 3.40. The molecular weight excluding hydrogens is 182 g/mol. The Labute approximate surface area is 86.0 Å². The third kappa shape index (κ3) is 2.04. The Kier molecular flexibility index (Phi) is 3.34. The Hall–Kier alpha value is -0.530. The molecule has 1 aliphatic heterocycles. The average Bonchev–Trinajstić information content (AvgIpc) is 2.04. The van der Waals surface area contributed by atoms with Crippen LogP contribution in [0.3, 0.4) is 0 Å². The van der Waals surface area contributed by atoms with Crippen molar-refractivity contribution in [1.82, 2.24) is 5.32 Å². The smallest absolute Gasteiger partial charge is 0.0211 e. The van der Waals surface area contributed by atoms with Crippen LogP contribution in [-0.4, -0.2) is 6.54 Å². The molecule has 1 aliphatic rings. The molecule has 0 saturated heterocycles. The van der Waals surface area contributed by atoms with Crippen LogP contribution in [0.5, 0.6) is 0 Å². The van der Waals surface area contributed by atoms with E-state index in [-0.39, 0.29) is 12.4 Å². The van der Waals surface area contributed by atoms with E-state index in [2.05, 4.69) is 31.3 Å². The van der Waals surface area contributed by atoms with Gasteiger partial charge in [-0.1, -0.05) is 17.7 Å². The van der Waals surface area contributed by atoms with Crippen molar-refractivity contribution >= 4 is 12.4 Å². The van der Waals surface area contributed by atoms with E-state index in [1.165, 1.54) is 23.1 Å². The fourth-order valence-corrected chi connectivity index (χ4v) is 2.00. The number of hydrogen-bond donors (Lipinski definition) is 1. The van der Waals surface area contributed by atoms with E-state index in [0.717, 1.165) is 13.1 Å². The monoisotopic (exact) mass is 197 g/mol. The topological polar surface area (TPSA) is 12.0 Å². The molecule has 0 saturated carbocycles. The third-order valence-electron chi connectivity index (χ3n) is 2.58. The summed E-state index contributed by atoms with van der Waals surface area (Å²) in [6.07, 6.45) is 1.19. The second kappa shape index (κ2) is 4.12. The van der Waals surface area contributed by atoms with Crippen molar-refractivity contribution in [3.63, 3.8) is 0 Å². The molecular formula is C11H16ClN. The fraction of sp³-hybridized carbons (Fsp3) is 0.455. The van der Waals surface area contributed by atoms with Gasteiger partial charge in [-0.2, -0.15) is 0 Å². The summed E-state index contributed by atoms with van der Waals surface area (Å²) in [6, 6.07) is 4.59. The van der Waals surface area contributed by atoms with Crippen molar-refractivity contribution in [2.45, 2.75) is 26.8 Å². The standard InChI is InChI=1S/C11H15N.ClH/c1-8-5-9(2)11-7-12-4-3-10(11)6-8;/h5-6,12H,3-4,7H2,1-2H3;1H. The van der Waals surface area contributed by atoms with Crippen LogP contribution in [0, 0.1) is 13.8 Å². The minimum absolute atomic E-state index is 0. The number of fused-ring (bicyclic) bond motifs is 1. The van der Waals surface area contributed by atoms with Gasteiger partial charge in [-0.25, -0.2) is 0 Å². The Balaban J connectivity index is 0.000000845. The molecule has 0 aromatic heterocycles. The van der Waals surface area contributed by atoms with Crippen molar-refractivity contribution in [2.24, 2.45) is 0 Å². The van der Waals surface area contributed by atoms with Crippen LogP contribution in [0.25, 0.3) is 0 Å². The van der Waals surface area contributed by atoms with Gasteiger partial charge in [0, 0.05) is 6.54 Å². The SMILES string of the molecule is Cc1cc(C)c2c(c1)CCNC2.Cl. The Morgan fingerprint density at radius 3 is 2.77 bits per heavy atom. The van der Waals surface area contributed by atoms with Gasteiger partial charge in [-0.15, -0.1) is 12.4 Å². The van der Waals surface area contributed by atoms with Gasteiger partial charge < -0.3 is 5.32 Å². The van der Waals surface area contributed by atoms with Crippen molar-refractivity contribution in [3.8, 4) is 0 Å². The lowest BCUT2D eigenvalue weighted by Crippen LogP contribution is -2.24. The summed E-state index contributed by atoms with van der Waals surface area (Å²) < 4.78 is 0. The normalized spacial score (nSPS) is 14.6. The van der Waals surface area contributed by atoms with Crippen molar-refractivity contribution < 1.29 is 0 Å². The van der Waals surface area contributed by atoms with Crippen molar-refractivity contribution in [3.05, 3.63) is 34.4 Å². The molecule has 72 valence electrons. The Morgan fingerprint density at radius 2 is 2.00 bits per heavy atom. The van der Waals surface area contributed by atoms with E-state index >= 15 is 0 Å². The Morgan fingerprint density at radius 1 is 1.23 bits per heavy atom. The van der Waals surface area contributed by atoms with Crippen LogP contribution >= 0.6 is 12.4 Å². The van der Waals surface area contributed by atoms with E-state index in [0.29, 0.717) is 0 Å². The number of nitrogens with one attached hydrogen (secondary N) is 1. The second-order valence-corrected chi connectivity index (χ2v) is 3.65. The quantitative estimate of drug-likeness (QED) is 0.674. The molecule has 0 spiro atoms. The van der Waals surface area contributed by atoms with Crippen LogP contribution in [-0.2, 0) is 13.0 Å². The molecule has 13 heavy (non-hydrogen) atoms. The lowest BCUT2D eigenvalue weighted by Gasteiger charge is -2.19. The molecule has 0 bridgehead atoms. The summed E-state index contributed by atoms with van der Waals surface area (Å²) in [5.41, 5.74) is 5.91. The minimum Gasteiger partial charge on any atom is -0.312 e. The van der Waals surface area contributed by atoms with Gasteiger partial charge in [0.15, 0.2) is 0 Å². The van der Waals surface area contributed by atoms with E-state index in [1.54, 1.807) is 5.56 Å². The molecule has 1 N–H and O–H groups in total. The number of halogens is 1. The summed E-state index contributed by atoms with van der Waals surface area (Å²) in [4.78, 5) is 0. The molecule has 0 atom stereocenters. The molecule has 2 heteroatoms. The Bertz CT molecular complexity index is 307. The van der Waals surface area contributed by atoms with Crippen LogP contribution in [0.4, 0.5) is 0 Å². The van der Waals surface area contributed by atoms with Gasteiger partial charge in [-0.3, -0.25) is 0 Å². The molecule has 1 aromatic carbocycles.